The average molecular weight is 248 g/mol. The van der Waals surface area contributed by atoms with E-state index in [1.165, 1.54) is 30.4 Å². The van der Waals surface area contributed by atoms with Gasteiger partial charge in [-0.3, -0.25) is 10.1 Å². The summed E-state index contributed by atoms with van der Waals surface area (Å²) in [6.45, 7) is 0. The molecular formula is C12H12N2O4. The molecule has 0 bridgehead atoms. The highest BCUT2D eigenvalue weighted by atomic mass is 16.6. The molecule has 0 spiro atoms. The van der Waals surface area contributed by atoms with E-state index < -0.39 is 11.2 Å². The fraction of sp³-hybridized carbons (Fsp3) is 0.167. The van der Waals surface area contributed by atoms with Crippen molar-refractivity contribution in [3.8, 4) is 5.75 Å². The van der Waals surface area contributed by atoms with Gasteiger partial charge in [0.2, 0.25) is 0 Å². The summed E-state index contributed by atoms with van der Waals surface area (Å²) >= 11 is 0. The van der Waals surface area contributed by atoms with Crippen LogP contribution in [0.2, 0.25) is 0 Å². The molecule has 94 valence electrons. The van der Waals surface area contributed by atoms with E-state index in [0.29, 0.717) is 5.69 Å². The lowest BCUT2D eigenvalue weighted by Gasteiger charge is -2.29. The van der Waals surface area contributed by atoms with Crippen LogP contribution < -0.4 is 4.90 Å². The largest absolute Gasteiger partial charge is 0.506 e. The summed E-state index contributed by atoms with van der Waals surface area (Å²) in [5, 5.41) is 20.5. The van der Waals surface area contributed by atoms with Crippen LogP contribution in [0.3, 0.4) is 0 Å². The first-order chi connectivity index (χ1) is 8.63. The van der Waals surface area contributed by atoms with E-state index >= 15 is 0 Å². The van der Waals surface area contributed by atoms with Crippen LogP contribution in [0.15, 0.2) is 48.3 Å². The van der Waals surface area contributed by atoms with Crippen molar-refractivity contribution in [3.63, 3.8) is 0 Å². The molecule has 18 heavy (non-hydrogen) atoms. The normalized spacial score (nSPS) is 18.6. The first-order valence-electron chi connectivity index (χ1n) is 5.27. The Morgan fingerprint density at radius 1 is 1.44 bits per heavy atom. The van der Waals surface area contributed by atoms with Crippen LogP contribution in [0.4, 0.5) is 5.69 Å². The summed E-state index contributed by atoms with van der Waals surface area (Å²) in [6, 6.07) is 6.59. The number of nitro groups is 1. The lowest BCUT2D eigenvalue weighted by atomic mass is 10.2. The number of benzene rings is 1. The van der Waals surface area contributed by atoms with Gasteiger partial charge in [0.05, 0.1) is 16.8 Å². The van der Waals surface area contributed by atoms with E-state index in [-0.39, 0.29) is 11.4 Å². The second-order valence-electron chi connectivity index (χ2n) is 3.69. The number of ether oxygens (including phenoxy) is 1. The molecule has 1 aromatic carbocycles. The van der Waals surface area contributed by atoms with Crippen molar-refractivity contribution < 1.29 is 14.8 Å². The van der Waals surface area contributed by atoms with Crippen molar-refractivity contribution in [1.29, 1.82) is 0 Å². The number of para-hydroxylation sites is 2. The van der Waals surface area contributed by atoms with E-state index in [9.17, 15) is 15.2 Å². The fourth-order valence-corrected chi connectivity index (χ4v) is 1.72. The first kappa shape index (κ1) is 12.1. The van der Waals surface area contributed by atoms with Gasteiger partial charge in [0, 0.05) is 13.2 Å². The molecule has 0 aliphatic carbocycles. The Kier molecular flexibility index (Phi) is 3.29. The Balaban J connectivity index is 2.43. The molecule has 1 aromatic rings. The molecule has 1 N–H and O–H groups in total. The topological polar surface area (TPSA) is 75.8 Å². The van der Waals surface area contributed by atoms with E-state index in [1.54, 1.807) is 24.3 Å². The van der Waals surface area contributed by atoms with Gasteiger partial charge in [-0.15, -0.1) is 0 Å². The van der Waals surface area contributed by atoms with Gasteiger partial charge in [-0.1, -0.05) is 12.1 Å². The van der Waals surface area contributed by atoms with Crippen LogP contribution in [0.5, 0.6) is 5.75 Å². The zero-order valence-electron chi connectivity index (χ0n) is 9.69. The molecule has 6 heteroatoms. The molecule has 0 fully saturated rings. The predicted molar refractivity (Wildman–Crippen MR) is 65.6 cm³/mol. The standard InChI is InChI=1S/C12H12N2O4/c1-18-12-7-6-9(14(16)17)8-13(12)10-4-2-3-5-11(10)15/h2-8,12,15H,1H3. The lowest BCUT2D eigenvalue weighted by molar-refractivity contribution is -0.419. The minimum Gasteiger partial charge on any atom is -0.506 e. The maximum absolute atomic E-state index is 10.8. The number of phenols is 1. The van der Waals surface area contributed by atoms with Crippen LogP contribution in [0, 0.1) is 10.1 Å². The van der Waals surface area contributed by atoms with E-state index in [4.69, 9.17) is 4.74 Å². The molecule has 1 unspecified atom stereocenters. The van der Waals surface area contributed by atoms with Gasteiger partial charge in [-0.05, 0) is 18.2 Å². The number of allylic oxidation sites excluding steroid dienone is 1. The summed E-state index contributed by atoms with van der Waals surface area (Å²) in [5.74, 6) is 0.0359. The molecule has 1 heterocycles. The van der Waals surface area contributed by atoms with Crippen molar-refractivity contribution >= 4 is 5.69 Å². The van der Waals surface area contributed by atoms with Crippen LogP contribution >= 0.6 is 0 Å². The number of nitrogens with zero attached hydrogens (tertiary/aromatic N) is 2. The van der Waals surface area contributed by atoms with Crippen LogP contribution in [-0.2, 0) is 4.74 Å². The summed E-state index contributed by atoms with van der Waals surface area (Å²) in [7, 11) is 1.49. The average Bonchev–Trinajstić information content (AvgIpc) is 2.38. The minimum atomic E-state index is -0.491. The third-order valence-corrected chi connectivity index (χ3v) is 2.59. The van der Waals surface area contributed by atoms with E-state index in [0.717, 1.165) is 0 Å². The maximum Gasteiger partial charge on any atom is 0.285 e. The minimum absolute atomic E-state index is 0.0359. The summed E-state index contributed by atoms with van der Waals surface area (Å²) in [6.07, 6.45) is 3.79. The Hall–Kier alpha value is -2.34. The lowest BCUT2D eigenvalue weighted by Crippen LogP contribution is -2.33. The maximum atomic E-state index is 10.8. The van der Waals surface area contributed by atoms with Gasteiger partial charge in [0.25, 0.3) is 5.70 Å². The third kappa shape index (κ3) is 2.18. The van der Waals surface area contributed by atoms with Crippen molar-refractivity contribution in [2.24, 2.45) is 0 Å². The van der Waals surface area contributed by atoms with Crippen molar-refractivity contribution in [3.05, 3.63) is 58.4 Å². The molecule has 2 rings (SSSR count). The predicted octanol–water partition coefficient (Wildman–Crippen LogP) is 1.86. The second kappa shape index (κ2) is 4.89. The molecule has 1 aliphatic heterocycles. The van der Waals surface area contributed by atoms with Gasteiger partial charge in [0.1, 0.15) is 5.75 Å². The number of phenolic OH excluding ortho intramolecular Hbond substituents is 1. The van der Waals surface area contributed by atoms with Crippen molar-refractivity contribution in [2.45, 2.75) is 6.23 Å². The zero-order chi connectivity index (χ0) is 13.1. The highest BCUT2D eigenvalue weighted by Gasteiger charge is 2.24. The van der Waals surface area contributed by atoms with E-state index in [1.807, 2.05) is 0 Å². The molecule has 1 atom stereocenters. The molecule has 0 saturated carbocycles. The van der Waals surface area contributed by atoms with Gasteiger partial charge >= 0.3 is 0 Å². The van der Waals surface area contributed by atoms with Crippen LogP contribution in [0.1, 0.15) is 0 Å². The zero-order valence-corrected chi connectivity index (χ0v) is 9.69. The Bertz CT molecular complexity index is 525. The van der Waals surface area contributed by atoms with E-state index in [2.05, 4.69) is 0 Å². The van der Waals surface area contributed by atoms with Crippen LogP contribution in [0.25, 0.3) is 0 Å². The van der Waals surface area contributed by atoms with Crippen molar-refractivity contribution in [1.82, 2.24) is 0 Å². The molecule has 0 radical (unpaired) electrons. The quantitative estimate of drug-likeness (QED) is 0.652. The summed E-state index contributed by atoms with van der Waals surface area (Å²) < 4.78 is 5.20. The summed E-state index contributed by atoms with van der Waals surface area (Å²) in [5.41, 5.74) is 0.389. The van der Waals surface area contributed by atoms with Gasteiger partial charge in [-0.2, -0.15) is 0 Å². The first-order valence-corrected chi connectivity index (χ1v) is 5.27. The SMILES string of the molecule is COC1C=CC([N+](=O)[O-])=CN1c1ccccc1O. The fourth-order valence-electron chi connectivity index (χ4n) is 1.72. The third-order valence-electron chi connectivity index (χ3n) is 2.59. The van der Waals surface area contributed by atoms with Gasteiger partial charge in [0.15, 0.2) is 6.23 Å². The number of hydrogen-bond acceptors (Lipinski definition) is 5. The molecule has 0 amide bonds. The van der Waals surface area contributed by atoms with Gasteiger partial charge in [-0.25, -0.2) is 0 Å². The number of aromatic hydroxyl groups is 1. The highest BCUT2D eigenvalue weighted by Crippen LogP contribution is 2.31. The molecule has 0 aromatic heterocycles. The number of anilines is 1. The smallest absolute Gasteiger partial charge is 0.285 e. The van der Waals surface area contributed by atoms with Gasteiger partial charge < -0.3 is 14.7 Å². The number of methoxy groups -OCH3 is 1. The Morgan fingerprint density at radius 3 is 2.78 bits per heavy atom. The second-order valence-corrected chi connectivity index (χ2v) is 3.69. The molecule has 1 aliphatic rings. The monoisotopic (exact) mass is 248 g/mol. The number of rotatable bonds is 3. The molecule has 6 nitrogen and oxygen atoms in total. The van der Waals surface area contributed by atoms with Crippen LogP contribution in [-0.4, -0.2) is 23.4 Å². The molecular weight excluding hydrogens is 236 g/mol. The Labute approximate surface area is 104 Å². The summed E-state index contributed by atoms with van der Waals surface area (Å²) in [4.78, 5) is 11.8. The number of hydrogen-bond donors (Lipinski definition) is 1. The Morgan fingerprint density at radius 2 is 2.17 bits per heavy atom. The van der Waals surface area contributed by atoms with Crippen molar-refractivity contribution in [2.75, 3.05) is 12.0 Å². The molecule has 0 saturated heterocycles. The highest BCUT2D eigenvalue weighted by molar-refractivity contribution is 5.61.